The topological polar surface area (TPSA) is 69.9 Å². The van der Waals surface area contributed by atoms with Gasteiger partial charge in [0.15, 0.2) is 4.80 Å². The van der Waals surface area contributed by atoms with E-state index in [0.717, 1.165) is 19.2 Å². The molecule has 0 saturated heterocycles. The smallest absolute Gasteiger partial charge is 0.338 e. The molecule has 6 rings (SSSR count). The van der Waals surface area contributed by atoms with Crippen molar-refractivity contribution in [3.63, 3.8) is 0 Å². The molecule has 6 nitrogen and oxygen atoms in total. The Kier molecular flexibility index (Phi) is 10.6. The summed E-state index contributed by atoms with van der Waals surface area (Å²) in [5.74, 6) is 0.0426. The lowest BCUT2D eigenvalue weighted by molar-refractivity contribution is -0.138. The molecule has 0 amide bonds. The minimum atomic E-state index is -0.812. The van der Waals surface area contributed by atoms with E-state index in [2.05, 4.69) is 38.5 Å². The van der Waals surface area contributed by atoms with E-state index in [1.54, 1.807) is 41.8 Å². The van der Waals surface area contributed by atoms with Crippen LogP contribution in [0.3, 0.4) is 0 Å². The first-order chi connectivity index (χ1) is 22.6. The van der Waals surface area contributed by atoms with Gasteiger partial charge in [-0.05, 0) is 83.1 Å². The maximum atomic E-state index is 14.4. The van der Waals surface area contributed by atoms with E-state index in [9.17, 15) is 9.59 Å². The Hall–Kier alpha value is -2.93. The largest absolute Gasteiger partial charge is 0.487 e. The summed E-state index contributed by atoms with van der Waals surface area (Å²) in [6.45, 7) is 2.14. The van der Waals surface area contributed by atoms with Gasteiger partial charge in [-0.25, -0.2) is 9.79 Å². The van der Waals surface area contributed by atoms with Crippen LogP contribution in [0.2, 0.25) is 15.1 Å². The molecule has 4 aromatic carbocycles. The number of carbonyl (C=O) groups excluding carboxylic acids is 1. The predicted octanol–water partition coefficient (Wildman–Crippen LogP) is 8.84. The zero-order valence-corrected chi connectivity index (χ0v) is 31.3. The molecule has 0 bridgehead atoms. The summed E-state index contributed by atoms with van der Waals surface area (Å²) in [5.41, 5.74) is 3.34. The third kappa shape index (κ3) is 7.25. The highest BCUT2D eigenvalue weighted by Crippen LogP contribution is 2.36. The van der Waals surface area contributed by atoms with Crippen LogP contribution in [0.15, 0.2) is 105 Å². The summed E-state index contributed by atoms with van der Waals surface area (Å²) in [7, 11) is 0. The molecule has 12 heteroatoms. The molecular weight excluding hydrogens is 858 g/mol. The Morgan fingerprint density at radius 2 is 1.77 bits per heavy atom. The fourth-order valence-corrected chi connectivity index (χ4v) is 8.31. The zero-order valence-electron chi connectivity index (χ0n) is 24.5. The number of hydrogen-bond acceptors (Lipinski definition) is 6. The molecule has 0 N–H and O–H groups in total. The summed E-state index contributed by atoms with van der Waals surface area (Å²) in [4.78, 5) is 33.4. The van der Waals surface area contributed by atoms with E-state index in [1.807, 2.05) is 60.7 Å². The number of ether oxygens (including phenoxy) is 2. The molecule has 0 unspecified atom stereocenters. The van der Waals surface area contributed by atoms with Gasteiger partial charge in [0.05, 0.1) is 42.1 Å². The van der Waals surface area contributed by atoms with Crippen molar-refractivity contribution in [2.75, 3.05) is 6.61 Å². The first-order valence-electron chi connectivity index (χ1n) is 14.2. The van der Waals surface area contributed by atoms with Crippen molar-refractivity contribution in [3.8, 4) is 5.75 Å². The average molecular weight is 881 g/mol. The monoisotopic (exact) mass is 878 g/mol. The number of rotatable bonds is 8. The summed E-state index contributed by atoms with van der Waals surface area (Å²) >= 11 is 25.6. The molecule has 2 heterocycles. The number of esters is 1. The van der Waals surface area contributed by atoms with Crippen LogP contribution < -0.4 is 19.6 Å². The van der Waals surface area contributed by atoms with E-state index in [1.165, 1.54) is 11.3 Å². The molecule has 1 aromatic heterocycles. The number of benzene rings is 4. The van der Waals surface area contributed by atoms with Crippen LogP contribution in [-0.2, 0) is 16.1 Å². The van der Waals surface area contributed by atoms with Gasteiger partial charge in [-0.15, -0.1) is 0 Å². The maximum absolute atomic E-state index is 14.4. The van der Waals surface area contributed by atoms with E-state index in [0.29, 0.717) is 47.0 Å². The lowest BCUT2D eigenvalue weighted by Crippen LogP contribution is -2.40. The molecule has 0 fully saturated rings. The zero-order chi connectivity index (χ0) is 33.2. The molecule has 0 saturated carbocycles. The highest BCUT2D eigenvalue weighted by molar-refractivity contribution is 14.1. The summed E-state index contributed by atoms with van der Waals surface area (Å²) in [6.07, 6.45) is 1.79. The van der Waals surface area contributed by atoms with E-state index in [-0.39, 0.29) is 24.3 Å². The molecule has 47 heavy (non-hydrogen) atoms. The summed E-state index contributed by atoms with van der Waals surface area (Å²) < 4.78 is 15.5. The van der Waals surface area contributed by atoms with Crippen LogP contribution in [0, 0.1) is 3.57 Å². The van der Waals surface area contributed by atoms with Gasteiger partial charge in [0.2, 0.25) is 0 Å². The van der Waals surface area contributed by atoms with Crippen LogP contribution >= 0.6 is 84.7 Å². The number of fused-ring (bicyclic) bond motifs is 1. The number of carbonyl (C=O) groups is 1. The third-order valence-electron chi connectivity index (χ3n) is 7.25. The Morgan fingerprint density at radius 1 is 1.02 bits per heavy atom. The van der Waals surface area contributed by atoms with Gasteiger partial charge >= 0.3 is 5.97 Å². The Morgan fingerprint density at radius 3 is 2.47 bits per heavy atom. The van der Waals surface area contributed by atoms with E-state index >= 15 is 0 Å². The van der Waals surface area contributed by atoms with Gasteiger partial charge in [0.25, 0.3) is 5.56 Å². The van der Waals surface area contributed by atoms with Crippen molar-refractivity contribution in [1.29, 1.82) is 0 Å². The van der Waals surface area contributed by atoms with Gasteiger partial charge in [-0.2, -0.15) is 0 Å². The molecule has 5 aromatic rings. The summed E-state index contributed by atoms with van der Waals surface area (Å²) in [6, 6.07) is 24.8. The van der Waals surface area contributed by atoms with Crippen molar-refractivity contribution in [2.24, 2.45) is 4.99 Å². The van der Waals surface area contributed by atoms with Crippen LogP contribution in [0.4, 0.5) is 0 Å². The highest BCUT2D eigenvalue weighted by atomic mass is 127. The van der Waals surface area contributed by atoms with Crippen molar-refractivity contribution < 1.29 is 14.3 Å². The number of nitrogens with zero attached hydrogens (tertiary/aromatic N) is 2. The van der Waals surface area contributed by atoms with Crippen molar-refractivity contribution in [1.82, 2.24) is 4.57 Å². The van der Waals surface area contributed by atoms with Crippen LogP contribution in [0.1, 0.15) is 35.2 Å². The van der Waals surface area contributed by atoms with Crippen LogP contribution in [-0.4, -0.2) is 17.1 Å². The number of hydrogen-bond donors (Lipinski definition) is 0. The second-order valence-corrected chi connectivity index (χ2v) is 14.7. The average Bonchev–Trinajstić information content (AvgIpc) is 3.36. The molecule has 1 aliphatic heterocycles. The maximum Gasteiger partial charge on any atom is 0.338 e. The number of thiazole rings is 1. The summed E-state index contributed by atoms with van der Waals surface area (Å²) in [5, 5.41) is 1.43. The van der Waals surface area contributed by atoms with E-state index < -0.39 is 12.0 Å². The fraction of sp³-hybridized carbons (Fsp3) is 0.114. The standard InChI is InChI=1S/C35H23BrCl3IN2O4S/c1-2-45-34(44)29-30(20-6-4-3-5-7-20)41-35-42(31(29)21-9-11-24(37)12-10-21)33(43)28(47-35)16-22-15-23(36)17-27(40)32(22)46-18-19-8-13-25(38)26(39)14-19/h3-17,31H,2,18H2,1H3/b28-16-/t31-/m1/s1. The molecule has 1 aliphatic rings. The van der Waals surface area contributed by atoms with Gasteiger partial charge in [-0.1, -0.05) is 111 Å². The molecular formula is C35H23BrCl3IN2O4S. The van der Waals surface area contributed by atoms with Crippen molar-refractivity contribution in [2.45, 2.75) is 19.6 Å². The third-order valence-corrected chi connectivity index (χ3v) is 10.5. The molecule has 238 valence electrons. The minimum Gasteiger partial charge on any atom is -0.487 e. The van der Waals surface area contributed by atoms with Gasteiger partial charge in [-0.3, -0.25) is 9.36 Å². The molecule has 0 aliphatic carbocycles. The van der Waals surface area contributed by atoms with Crippen molar-refractivity contribution in [3.05, 3.63) is 156 Å². The first-order valence-corrected chi connectivity index (χ1v) is 18.1. The number of aromatic nitrogens is 1. The minimum absolute atomic E-state index is 0.161. The van der Waals surface area contributed by atoms with Crippen molar-refractivity contribution >= 4 is 102 Å². The van der Waals surface area contributed by atoms with Gasteiger partial charge in [0.1, 0.15) is 12.4 Å². The Balaban J connectivity index is 1.54. The molecule has 0 spiro atoms. The highest BCUT2D eigenvalue weighted by Gasteiger charge is 2.35. The quantitative estimate of drug-likeness (QED) is 0.116. The number of halogens is 5. The second kappa shape index (κ2) is 14.7. The predicted molar refractivity (Wildman–Crippen MR) is 200 cm³/mol. The SMILES string of the molecule is CCOC(=O)C1=C(c2ccccc2)N=c2s/c(=C\c3cc(Br)cc(I)c3OCc3ccc(Cl)c(Cl)c3)c(=O)n2[C@@H]1c1ccc(Cl)cc1. The molecule has 1 atom stereocenters. The fourth-order valence-electron chi connectivity index (χ4n) is 5.17. The lowest BCUT2D eigenvalue weighted by atomic mass is 9.93. The van der Waals surface area contributed by atoms with Crippen LogP contribution in [0.25, 0.3) is 11.8 Å². The normalized spacial score (nSPS) is 14.5. The molecule has 0 radical (unpaired) electrons. The van der Waals surface area contributed by atoms with Gasteiger partial charge in [0, 0.05) is 20.6 Å². The van der Waals surface area contributed by atoms with Gasteiger partial charge < -0.3 is 9.47 Å². The van der Waals surface area contributed by atoms with Crippen LogP contribution in [0.5, 0.6) is 5.75 Å². The Bertz CT molecular complexity index is 2220. The second-order valence-electron chi connectivity index (χ2n) is 10.3. The first kappa shape index (κ1) is 34.0. The lowest BCUT2D eigenvalue weighted by Gasteiger charge is -2.26. The Labute approximate surface area is 311 Å². The van der Waals surface area contributed by atoms with E-state index in [4.69, 9.17) is 49.3 Å².